The summed E-state index contributed by atoms with van der Waals surface area (Å²) in [5, 5.41) is 11.7. The molecule has 5 heteroatoms. The normalized spacial score (nSPS) is 18.5. The first-order chi connectivity index (χ1) is 7.92. The highest BCUT2D eigenvalue weighted by atomic mass is 16.6. The summed E-state index contributed by atoms with van der Waals surface area (Å²) in [4.78, 5) is 13.5. The molecule has 0 aromatic rings. The van der Waals surface area contributed by atoms with E-state index < -0.39 is 11.7 Å². The van der Waals surface area contributed by atoms with E-state index in [1.54, 1.807) is 0 Å². The van der Waals surface area contributed by atoms with Gasteiger partial charge in [0.1, 0.15) is 11.6 Å². The smallest absolute Gasteiger partial charge is 0.407 e. The summed E-state index contributed by atoms with van der Waals surface area (Å²) in [7, 11) is 0. The van der Waals surface area contributed by atoms with Crippen LogP contribution in [0.3, 0.4) is 0 Å². The minimum atomic E-state index is -0.500. The molecule has 0 saturated carbocycles. The largest absolute Gasteiger partial charge is 0.444 e. The summed E-state index contributed by atoms with van der Waals surface area (Å²) >= 11 is 0. The van der Waals surface area contributed by atoms with Crippen molar-refractivity contribution < 1.29 is 9.53 Å². The van der Waals surface area contributed by atoms with Crippen molar-refractivity contribution in [2.75, 3.05) is 19.6 Å². The summed E-state index contributed by atoms with van der Waals surface area (Å²) in [6.07, 6.45) is 1.80. The number of hydrogen-bond donors (Lipinski definition) is 1. The number of carbonyl (C=O) groups excluding carboxylic acids is 1. The predicted molar refractivity (Wildman–Crippen MR) is 64.4 cm³/mol. The number of nitrogens with zero attached hydrogens (tertiary/aromatic N) is 2. The van der Waals surface area contributed by atoms with E-state index in [1.165, 1.54) is 0 Å². The van der Waals surface area contributed by atoms with Crippen molar-refractivity contribution in [3.8, 4) is 6.07 Å². The van der Waals surface area contributed by atoms with Crippen LogP contribution in [0.15, 0.2) is 0 Å². The minimum Gasteiger partial charge on any atom is -0.444 e. The third kappa shape index (κ3) is 5.05. The van der Waals surface area contributed by atoms with Crippen molar-refractivity contribution in [3.05, 3.63) is 0 Å². The van der Waals surface area contributed by atoms with Crippen molar-refractivity contribution in [1.82, 2.24) is 10.2 Å². The third-order valence-corrected chi connectivity index (χ3v) is 2.57. The molecule has 0 aliphatic carbocycles. The molecule has 17 heavy (non-hydrogen) atoms. The lowest BCUT2D eigenvalue weighted by Gasteiger charge is -2.23. The fourth-order valence-electron chi connectivity index (χ4n) is 1.80. The van der Waals surface area contributed by atoms with Gasteiger partial charge >= 0.3 is 6.09 Å². The molecule has 0 aromatic carbocycles. The lowest BCUT2D eigenvalue weighted by molar-refractivity contribution is 0.0517. The Kier molecular flexibility index (Phi) is 4.76. The Balaban J connectivity index is 2.33. The van der Waals surface area contributed by atoms with Gasteiger partial charge in [-0.3, -0.25) is 4.90 Å². The van der Waals surface area contributed by atoms with Crippen LogP contribution in [-0.2, 0) is 4.74 Å². The quantitative estimate of drug-likeness (QED) is 0.810. The Hall–Kier alpha value is -1.28. The van der Waals surface area contributed by atoms with Crippen LogP contribution in [0.4, 0.5) is 4.79 Å². The van der Waals surface area contributed by atoms with Crippen LogP contribution in [0.5, 0.6) is 0 Å². The Labute approximate surface area is 103 Å². The molecule has 1 heterocycles. The number of nitriles is 1. The van der Waals surface area contributed by atoms with Crippen LogP contribution in [0.2, 0.25) is 0 Å². The molecule has 1 N–H and O–H groups in total. The SMILES string of the molecule is CC(C)(C)OC(=O)NCC(C#N)N1CCCC1. The molecule has 1 rings (SSSR count). The van der Waals surface area contributed by atoms with Crippen LogP contribution in [0.1, 0.15) is 33.6 Å². The summed E-state index contributed by atoms with van der Waals surface area (Å²) in [5.74, 6) is 0. The van der Waals surface area contributed by atoms with Crippen molar-refractivity contribution in [3.63, 3.8) is 0 Å². The number of nitrogens with one attached hydrogen (secondary N) is 1. The molecule has 0 aromatic heterocycles. The van der Waals surface area contributed by atoms with Gasteiger partial charge in [0.2, 0.25) is 0 Å². The highest BCUT2D eigenvalue weighted by Crippen LogP contribution is 2.11. The highest BCUT2D eigenvalue weighted by molar-refractivity contribution is 5.67. The van der Waals surface area contributed by atoms with E-state index in [0.29, 0.717) is 6.54 Å². The van der Waals surface area contributed by atoms with Crippen LogP contribution >= 0.6 is 0 Å². The van der Waals surface area contributed by atoms with E-state index in [0.717, 1.165) is 25.9 Å². The molecule has 96 valence electrons. The topological polar surface area (TPSA) is 65.4 Å². The minimum absolute atomic E-state index is 0.245. The van der Waals surface area contributed by atoms with Crippen molar-refractivity contribution >= 4 is 6.09 Å². The second kappa shape index (κ2) is 5.87. The zero-order valence-corrected chi connectivity index (χ0v) is 10.8. The second-order valence-electron chi connectivity index (χ2n) is 5.27. The number of alkyl carbamates (subject to hydrolysis) is 1. The van der Waals surface area contributed by atoms with E-state index >= 15 is 0 Å². The first-order valence-electron chi connectivity index (χ1n) is 6.03. The predicted octanol–water partition coefficient (Wildman–Crippen LogP) is 1.50. The molecule has 1 aliphatic heterocycles. The Bertz CT molecular complexity index is 298. The maximum absolute atomic E-state index is 11.4. The lowest BCUT2D eigenvalue weighted by Crippen LogP contribution is -2.43. The summed E-state index contributed by atoms with van der Waals surface area (Å²) in [6, 6.07) is 1.97. The third-order valence-electron chi connectivity index (χ3n) is 2.57. The Morgan fingerprint density at radius 2 is 2.06 bits per heavy atom. The second-order valence-corrected chi connectivity index (χ2v) is 5.27. The molecule has 1 fully saturated rings. The van der Waals surface area contributed by atoms with Gasteiger partial charge in [-0.15, -0.1) is 0 Å². The fourth-order valence-corrected chi connectivity index (χ4v) is 1.80. The maximum atomic E-state index is 11.4. The molecule has 0 spiro atoms. The number of rotatable bonds is 3. The van der Waals surface area contributed by atoms with Crippen LogP contribution < -0.4 is 5.32 Å². The number of ether oxygens (including phenoxy) is 1. The molecule has 1 unspecified atom stereocenters. The van der Waals surface area contributed by atoms with Gasteiger partial charge in [0.15, 0.2) is 0 Å². The summed E-state index contributed by atoms with van der Waals surface area (Å²) < 4.78 is 5.12. The van der Waals surface area contributed by atoms with Crippen LogP contribution in [-0.4, -0.2) is 42.3 Å². The zero-order chi connectivity index (χ0) is 12.9. The first-order valence-corrected chi connectivity index (χ1v) is 6.03. The molecule has 0 bridgehead atoms. The number of likely N-dealkylation sites (tertiary alicyclic amines) is 1. The van der Waals surface area contributed by atoms with Gasteiger partial charge in [-0.05, 0) is 46.7 Å². The van der Waals surface area contributed by atoms with E-state index in [1.807, 2.05) is 20.8 Å². The average molecular weight is 239 g/mol. The van der Waals surface area contributed by atoms with E-state index in [-0.39, 0.29) is 6.04 Å². The summed E-state index contributed by atoms with van der Waals surface area (Å²) in [6.45, 7) is 7.65. The molecule has 0 radical (unpaired) electrons. The van der Waals surface area contributed by atoms with Crippen molar-refractivity contribution in [2.45, 2.75) is 45.3 Å². The standard InChI is InChI=1S/C12H21N3O2/c1-12(2,3)17-11(16)14-9-10(8-13)15-6-4-5-7-15/h10H,4-7,9H2,1-3H3,(H,14,16). The molecule has 1 atom stereocenters. The van der Waals surface area contributed by atoms with Gasteiger partial charge in [0.25, 0.3) is 0 Å². The number of carbonyl (C=O) groups is 1. The van der Waals surface area contributed by atoms with Crippen LogP contribution in [0.25, 0.3) is 0 Å². The molecule has 1 saturated heterocycles. The van der Waals surface area contributed by atoms with E-state index in [9.17, 15) is 4.79 Å². The average Bonchev–Trinajstić information content (AvgIpc) is 2.69. The van der Waals surface area contributed by atoms with E-state index in [4.69, 9.17) is 10.00 Å². The van der Waals surface area contributed by atoms with Gasteiger partial charge < -0.3 is 10.1 Å². The maximum Gasteiger partial charge on any atom is 0.407 e. The lowest BCUT2D eigenvalue weighted by atomic mass is 10.2. The monoisotopic (exact) mass is 239 g/mol. The van der Waals surface area contributed by atoms with Crippen molar-refractivity contribution in [2.24, 2.45) is 0 Å². The Morgan fingerprint density at radius 3 is 2.53 bits per heavy atom. The molecular weight excluding hydrogens is 218 g/mol. The number of hydrogen-bond acceptors (Lipinski definition) is 4. The zero-order valence-electron chi connectivity index (χ0n) is 10.8. The van der Waals surface area contributed by atoms with Gasteiger partial charge in [0.05, 0.1) is 6.07 Å². The van der Waals surface area contributed by atoms with Crippen LogP contribution in [0, 0.1) is 11.3 Å². The molecule has 5 nitrogen and oxygen atoms in total. The van der Waals surface area contributed by atoms with E-state index in [2.05, 4.69) is 16.3 Å². The first kappa shape index (κ1) is 13.8. The van der Waals surface area contributed by atoms with Gasteiger partial charge in [-0.25, -0.2) is 4.79 Å². The number of amides is 1. The van der Waals surface area contributed by atoms with Crippen molar-refractivity contribution in [1.29, 1.82) is 5.26 Å². The Morgan fingerprint density at radius 1 is 1.47 bits per heavy atom. The molecule has 1 amide bonds. The molecule has 1 aliphatic rings. The fraction of sp³-hybridized carbons (Fsp3) is 0.833. The van der Waals surface area contributed by atoms with Gasteiger partial charge in [-0.1, -0.05) is 0 Å². The summed E-state index contributed by atoms with van der Waals surface area (Å²) in [5.41, 5.74) is -0.500. The molecular formula is C12H21N3O2. The van der Waals surface area contributed by atoms with Gasteiger partial charge in [0, 0.05) is 6.54 Å². The highest BCUT2D eigenvalue weighted by Gasteiger charge is 2.23. The van der Waals surface area contributed by atoms with Gasteiger partial charge in [-0.2, -0.15) is 5.26 Å².